The van der Waals surface area contributed by atoms with Crippen molar-refractivity contribution in [3.8, 4) is 0 Å². The second-order valence-corrected chi connectivity index (χ2v) is 8.44. The van der Waals surface area contributed by atoms with E-state index in [0.717, 1.165) is 29.2 Å². The van der Waals surface area contributed by atoms with Gasteiger partial charge in [-0.25, -0.2) is 4.79 Å². The highest BCUT2D eigenvalue weighted by Crippen LogP contribution is 2.36. The Balaban J connectivity index is 1.77. The predicted molar refractivity (Wildman–Crippen MR) is 115 cm³/mol. The highest BCUT2D eigenvalue weighted by Gasteiger charge is 2.38. The molecule has 1 atom stereocenters. The molecule has 3 rings (SSSR count). The third kappa shape index (κ3) is 7.01. The number of carboxylic acid groups (broad SMARTS) is 1. The predicted octanol–water partition coefficient (Wildman–Crippen LogP) is 5.27. The quantitative estimate of drug-likeness (QED) is 0.492. The van der Waals surface area contributed by atoms with Crippen molar-refractivity contribution in [3.63, 3.8) is 0 Å². The van der Waals surface area contributed by atoms with Crippen molar-refractivity contribution in [2.75, 3.05) is 31.1 Å². The Morgan fingerprint density at radius 3 is 1.82 bits per heavy atom. The number of carbonyl (C=O) groups excluding carboxylic acids is 1. The molecule has 0 spiro atoms. The molecule has 2 N–H and O–H groups in total. The van der Waals surface area contributed by atoms with Crippen LogP contribution in [0, 0.1) is 0 Å². The van der Waals surface area contributed by atoms with E-state index in [-0.39, 0.29) is 43.5 Å². The Kier molecular flexibility index (Phi) is 8.07. The molecule has 15 heteroatoms. The number of halogens is 9. The number of alkyl halides is 9. The van der Waals surface area contributed by atoms with Gasteiger partial charge in [0.2, 0.25) is 5.91 Å². The maximum atomic E-state index is 13.1. The van der Waals surface area contributed by atoms with Crippen LogP contribution in [0.3, 0.4) is 0 Å². The van der Waals surface area contributed by atoms with Crippen LogP contribution in [-0.2, 0) is 29.7 Å². The minimum atomic E-state index is -5.04. The van der Waals surface area contributed by atoms with Crippen LogP contribution in [0.2, 0.25) is 0 Å². The third-order valence-corrected chi connectivity index (χ3v) is 5.84. The van der Waals surface area contributed by atoms with Crippen molar-refractivity contribution in [3.05, 3.63) is 64.7 Å². The average Bonchev–Trinajstić information content (AvgIpc) is 2.82. The van der Waals surface area contributed by atoms with Gasteiger partial charge >= 0.3 is 24.6 Å². The van der Waals surface area contributed by atoms with Crippen LogP contribution < -0.4 is 10.2 Å². The fourth-order valence-electron chi connectivity index (χ4n) is 3.94. The van der Waals surface area contributed by atoms with Crippen molar-refractivity contribution in [1.29, 1.82) is 0 Å². The van der Waals surface area contributed by atoms with E-state index in [4.69, 9.17) is 0 Å². The zero-order valence-electron chi connectivity index (χ0n) is 19.2. The summed E-state index contributed by atoms with van der Waals surface area (Å²) in [4.78, 5) is 26.6. The summed E-state index contributed by atoms with van der Waals surface area (Å²) in [5, 5.41) is 11.7. The molecule has 2 aromatic rings. The molecule has 1 aliphatic heterocycles. The van der Waals surface area contributed by atoms with Gasteiger partial charge in [0.05, 0.1) is 23.2 Å². The molecule has 0 radical (unpaired) electrons. The lowest BCUT2D eigenvalue weighted by Crippen LogP contribution is -2.60. The Labute approximate surface area is 209 Å². The number of anilines is 1. The smallest absolute Gasteiger partial charge is 0.416 e. The van der Waals surface area contributed by atoms with Gasteiger partial charge in [0, 0.05) is 25.3 Å². The average molecular weight is 557 g/mol. The lowest BCUT2D eigenvalue weighted by Gasteiger charge is -2.40. The molecular weight excluding hydrogens is 537 g/mol. The molecule has 1 fully saturated rings. The molecule has 2 aromatic carbocycles. The summed E-state index contributed by atoms with van der Waals surface area (Å²) in [6.07, 6.45) is -16.4. The van der Waals surface area contributed by atoms with Crippen LogP contribution in [0.25, 0.3) is 0 Å². The van der Waals surface area contributed by atoms with E-state index in [0.29, 0.717) is 12.1 Å². The maximum absolute atomic E-state index is 13.1. The van der Waals surface area contributed by atoms with Crippen molar-refractivity contribution >= 4 is 17.7 Å². The molecule has 38 heavy (non-hydrogen) atoms. The van der Waals surface area contributed by atoms with Gasteiger partial charge in [0.15, 0.2) is 0 Å². The highest BCUT2D eigenvalue weighted by atomic mass is 19.4. The third-order valence-electron chi connectivity index (χ3n) is 5.84. The first-order valence-electron chi connectivity index (χ1n) is 10.9. The van der Waals surface area contributed by atoms with Gasteiger partial charge in [-0.1, -0.05) is 0 Å². The maximum Gasteiger partial charge on any atom is 0.416 e. The molecule has 1 saturated heterocycles. The molecule has 0 saturated carbocycles. The highest BCUT2D eigenvalue weighted by molar-refractivity contribution is 5.86. The molecule has 1 aliphatic rings. The lowest BCUT2D eigenvalue weighted by atomic mass is 10.0. The topological polar surface area (TPSA) is 72.9 Å². The number of piperazine rings is 1. The van der Waals surface area contributed by atoms with E-state index in [2.05, 4.69) is 5.32 Å². The van der Waals surface area contributed by atoms with Crippen LogP contribution >= 0.6 is 0 Å². The van der Waals surface area contributed by atoms with E-state index >= 15 is 0 Å². The summed E-state index contributed by atoms with van der Waals surface area (Å²) >= 11 is 0. The van der Waals surface area contributed by atoms with Crippen molar-refractivity contribution in [2.24, 2.45) is 0 Å². The summed E-state index contributed by atoms with van der Waals surface area (Å²) in [6, 6.07) is 3.63. The number of benzene rings is 2. The number of nitrogens with one attached hydrogen (secondary N) is 1. The second-order valence-electron chi connectivity index (χ2n) is 8.44. The van der Waals surface area contributed by atoms with Crippen LogP contribution in [0.1, 0.15) is 22.3 Å². The largest absolute Gasteiger partial charge is 0.465 e. The Hall–Kier alpha value is -3.65. The van der Waals surface area contributed by atoms with Crippen LogP contribution in [0.5, 0.6) is 0 Å². The number of rotatable bonds is 5. The van der Waals surface area contributed by atoms with E-state index < -0.39 is 59.7 Å². The number of carbonyl (C=O) groups is 2. The van der Waals surface area contributed by atoms with Gasteiger partial charge in [-0.05, 0) is 54.4 Å². The SMILES string of the molecule is O=C(NCCc1cc(C(F)(F)F)cc(C(F)(F)F)c1)C1CN(C(=O)O)CCN1c1ccc(C(F)(F)F)cc1. The molecule has 208 valence electrons. The van der Waals surface area contributed by atoms with E-state index in [9.17, 15) is 54.2 Å². The Morgan fingerprint density at radius 2 is 1.34 bits per heavy atom. The summed E-state index contributed by atoms with van der Waals surface area (Å²) in [6.45, 7) is -0.880. The van der Waals surface area contributed by atoms with Crippen LogP contribution in [0.4, 0.5) is 50.0 Å². The standard InChI is InChI=1S/C23H20F9N3O3/c24-21(25,26)14-1-3-17(4-2-14)35-8-7-34(20(37)38)12-18(35)19(36)33-6-5-13-9-15(22(27,28)29)11-16(10-13)23(30,31)32/h1-4,9-11,18H,5-8,12H2,(H,33,36)(H,37,38). The van der Waals surface area contributed by atoms with E-state index in [1.165, 1.54) is 4.90 Å². The molecule has 0 aliphatic carbocycles. The molecule has 1 heterocycles. The van der Waals surface area contributed by atoms with Crippen molar-refractivity contribution in [1.82, 2.24) is 10.2 Å². The minimum absolute atomic E-state index is 0.0213. The summed E-state index contributed by atoms with van der Waals surface area (Å²) in [5.74, 6) is -0.807. The van der Waals surface area contributed by atoms with Gasteiger partial charge in [0.1, 0.15) is 6.04 Å². The normalized spacial score (nSPS) is 16.9. The van der Waals surface area contributed by atoms with Crippen LogP contribution in [-0.4, -0.2) is 54.2 Å². The zero-order chi connectivity index (χ0) is 28.5. The molecule has 6 nitrogen and oxygen atoms in total. The fourth-order valence-corrected chi connectivity index (χ4v) is 3.94. The van der Waals surface area contributed by atoms with Crippen LogP contribution in [0.15, 0.2) is 42.5 Å². The number of hydrogen-bond donors (Lipinski definition) is 2. The van der Waals surface area contributed by atoms with Crippen molar-refractivity contribution in [2.45, 2.75) is 31.0 Å². The Morgan fingerprint density at radius 1 is 0.816 bits per heavy atom. The summed E-state index contributed by atoms with van der Waals surface area (Å²) in [7, 11) is 0. The van der Waals surface area contributed by atoms with Crippen molar-refractivity contribution < 1.29 is 54.2 Å². The van der Waals surface area contributed by atoms with Gasteiger partial charge < -0.3 is 20.2 Å². The minimum Gasteiger partial charge on any atom is -0.465 e. The first-order chi connectivity index (χ1) is 17.5. The van der Waals surface area contributed by atoms with E-state index in [1.807, 2.05) is 0 Å². The van der Waals surface area contributed by atoms with Gasteiger partial charge in [-0.15, -0.1) is 0 Å². The lowest BCUT2D eigenvalue weighted by molar-refractivity contribution is -0.143. The molecule has 0 bridgehead atoms. The fraction of sp³-hybridized carbons (Fsp3) is 0.391. The molecule has 2 amide bonds. The molecular formula is C23H20F9N3O3. The summed E-state index contributed by atoms with van der Waals surface area (Å²) in [5.41, 5.74) is -4.11. The number of hydrogen-bond acceptors (Lipinski definition) is 3. The first kappa shape index (κ1) is 28.9. The van der Waals surface area contributed by atoms with Gasteiger partial charge in [-0.2, -0.15) is 39.5 Å². The summed E-state index contributed by atoms with van der Waals surface area (Å²) < 4.78 is 117. The second kappa shape index (κ2) is 10.6. The molecule has 1 unspecified atom stereocenters. The van der Waals surface area contributed by atoms with Gasteiger partial charge in [0.25, 0.3) is 0 Å². The Bertz CT molecular complexity index is 1130. The first-order valence-corrected chi connectivity index (χ1v) is 10.9. The number of nitrogens with zero attached hydrogens (tertiary/aromatic N) is 2. The van der Waals surface area contributed by atoms with Gasteiger partial charge in [-0.3, -0.25) is 4.79 Å². The number of amides is 2. The molecule has 0 aromatic heterocycles. The monoisotopic (exact) mass is 557 g/mol. The zero-order valence-corrected chi connectivity index (χ0v) is 19.2. The van der Waals surface area contributed by atoms with E-state index in [1.54, 1.807) is 0 Å².